The topological polar surface area (TPSA) is 85.9 Å². The first-order valence-electron chi connectivity index (χ1n) is 6.10. The molecule has 2 atom stereocenters. The number of rotatable bonds is 5. The van der Waals surface area contributed by atoms with Gasteiger partial charge in [-0.05, 0) is 25.1 Å². The number of imide groups is 1. The van der Waals surface area contributed by atoms with Gasteiger partial charge in [-0.3, -0.25) is 10.1 Å². The highest BCUT2D eigenvalue weighted by Gasteiger charge is 2.24. The molecule has 7 heteroatoms. The van der Waals surface area contributed by atoms with Gasteiger partial charge >= 0.3 is 6.03 Å². The van der Waals surface area contributed by atoms with Gasteiger partial charge in [0.05, 0.1) is 14.2 Å². The lowest BCUT2D eigenvalue weighted by Crippen LogP contribution is -3.12. The Bertz CT molecular complexity index is 508. The van der Waals surface area contributed by atoms with Gasteiger partial charge in [0.1, 0.15) is 12.3 Å². The second-order valence-electron chi connectivity index (χ2n) is 4.55. The van der Waals surface area contributed by atoms with Crippen LogP contribution in [0.3, 0.4) is 0 Å². The summed E-state index contributed by atoms with van der Waals surface area (Å²) in [4.78, 5) is 23.3. The van der Waals surface area contributed by atoms with E-state index in [4.69, 9.17) is 22.1 Å². The van der Waals surface area contributed by atoms with Gasteiger partial charge < -0.3 is 15.4 Å². The maximum absolute atomic E-state index is 11.7. The zero-order valence-corrected chi connectivity index (χ0v) is 12.5. The van der Waals surface area contributed by atoms with E-state index in [1.165, 1.54) is 0 Å². The predicted molar refractivity (Wildman–Crippen MR) is 75.8 cm³/mol. The number of likely N-dealkylation sites (N-methyl/N-ethyl adjacent to an activating group) is 1. The maximum Gasteiger partial charge on any atom is 0.319 e. The summed E-state index contributed by atoms with van der Waals surface area (Å²) in [7, 11) is 3.41. The van der Waals surface area contributed by atoms with Crippen LogP contribution in [0.5, 0.6) is 5.75 Å². The van der Waals surface area contributed by atoms with E-state index in [1.54, 1.807) is 32.2 Å². The van der Waals surface area contributed by atoms with E-state index in [1.807, 2.05) is 7.05 Å². The van der Waals surface area contributed by atoms with E-state index >= 15 is 0 Å². The fourth-order valence-corrected chi connectivity index (χ4v) is 1.99. The number of nitrogens with two attached hydrogens (primary N) is 1. The van der Waals surface area contributed by atoms with Gasteiger partial charge in [0, 0.05) is 10.6 Å². The minimum Gasteiger partial charge on any atom is -0.496 e. The first-order chi connectivity index (χ1) is 9.35. The number of ether oxygens (including phenoxy) is 1. The summed E-state index contributed by atoms with van der Waals surface area (Å²) in [6.45, 7) is 2.24. The highest BCUT2D eigenvalue weighted by molar-refractivity contribution is 6.30. The van der Waals surface area contributed by atoms with Crippen molar-refractivity contribution in [2.75, 3.05) is 14.2 Å². The van der Waals surface area contributed by atoms with Crippen molar-refractivity contribution in [3.8, 4) is 5.75 Å². The van der Waals surface area contributed by atoms with Crippen molar-refractivity contribution in [1.82, 2.24) is 5.32 Å². The fourth-order valence-electron chi connectivity index (χ4n) is 1.79. The zero-order valence-electron chi connectivity index (χ0n) is 11.7. The number of methoxy groups -OCH3 is 1. The summed E-state index contributed by atoms with van der Waals surface area (Å²) in [5.41, 5.74) is 5.82. The molecule has 0 radical (unpaired) electrons. The van der Waals surface area contributed by atoms with Gasteiger partial charge in [-0.1, -0.05) is 11.6 Å². The fraction of sp³-hybridized carbons (Fsp3) is 0.385. The van der Waals surface area contributed by atoms with E-state index in [0.29, 0.717) is 17.3 Å². The third kappa shape index (κ3) is 4.40. The van der Waals surface area contributed by atoms with E-state index in [0.717, 1.165) is 10.5 Å². The van der Waals surface area contributed by atoms with Crippen LogP contribution in [0.1, 0.15) is 12.5 Å². The number of carbonyl (C=O) groups excluding carboxylic acids is 2. The van der Waals surface area contributed by atoms with E-state index < -0.39 is 18.0 Å². The molecule has 0 aromatic heterocycles. The molecule has 0 fully saturated rings. The highest BCUT2D eigenvalue weighted by atomic mass is 35.5. The molecular formula is C13H19ClN3O3+. The van der Waals surface area contributed by atoms with E-state index in [-0.39, 0.29) is 0 Å². The smallest absolute Gasteiger partial charge is 0.319 e. The molecular weight excluding hydrogens is 282 g/mol. The molecule has 4 N–H and O–H groups in total. The average Bonchev–Trinajstić information content (AvgIpc) is 2.37. The summed E-state index contributed by atoms with van der Waals surface area (Å²) in [6, 6.07) is 4.02. The largest absolute Gasteiger partial charge is 0.496 e. The van der Waals surface area contributed by atoms with Crippen LogP contribution < -0.4 is 20.7 Å². The molecule has 0 heterocycles. The number of hydrogen-bond donors (Lipinski definition) is 3. The van der Waals surface area contributed by atoms with Crippen molar-refractivity contribution in [2.45, 2.75) is 19.5 Å². The SMILES string of the molecule is COc1ccc(Cl)cc1C[NH+](C)[C@@H](C)C(=O)NC(N)=O. The molecule has 0 spiro atoms. The lowest BCUT2D eigenvalue weighted by molar-refractivity contribution is -0.908. The molecule has 1 rings (SSSR count). The van der Waals surface area contributed by atoms with Crippen LogP contribution >= 0.6 is 11.6 Å². The number of benzene rings is 1. The van der Waals surface area contributed by atoms with Crippen molar-refractivity contribution in [3.05, 3.63) is 28.8 Å². The molecule has 1 aromatic rings. The monoisotopic (exact) mass is 300 g/mol. The first-order valence-corrected chi connectivity index (χ1v) is 6.48. The molecule has 6 nitrogen and oxygen atoms in total. The highest BCUT2D eigenvalue weighted by Crippen LogP contribution is 2.21. The molecule has 0 aliphatic heterocycles. The van der Waals surface area contributed by atoms with Crippen molar-refractivity contribution in [3.63, 3.8) is 0 Å². The molecule has 3 amide bonds. The zero-order chi connectivity index (χ0) is 15.3. The lowest BCUT2D eigenvalue weighted by Gasteiger charge is -2.21. The van der Waals surface area contributed by atoms with Crippen molar-refractivity contribution < 1.29 is 19.2 Å². The quantitative estimate of drug-likeness (QED) is 0.712. The molecule has 0 aliphatic carbocycles. The number of urea groups is 1. The summed E-state index contributed by atoms with van der Waals surface area (Å²) < 4.78 is 5.26. The molecule has 1 aromatic carbocycles. The maximum atomic E-state index is 11.7. The van der Waals surface area contributed by atoms with Crippen LogP contribution in [0, 0.1) is 0 Å². The van der Waals surface area contributed by atoms with Gasteiger partial charge in [-0.2, -0.15) is 0 Å². The molecule has 1 unspecified atom stereocenters. The molecule has 0 bridgehead atoms. The Morgan fingerprint density at radius 1 is 1.50 bits per heavy atom. The predicted octanol–water partition coefficient (Wildman–Crippen LogP) is -0.0533. The number of primary amides is 1. The number of hydrogen-bond acceptors (Lipinski definition) is 3. The van der Waals surface area contributed by atoms with Crippen molar-refractivity contribution in [1.29, 1.82) is 0 Å². The Morgan fingerprint density at radius 3 is 2.70 bits per heavy atom. The van der Waals surface area contributed by atoms with E-state index in [9.17, 15) is 9.59 Å². The van der Waals surface area contributed by atoms with Crippen LogP contribution in [0.2, 0.25) is 5.02 Å². The number of nitrogens with one attached hydrogen (secondary N) is 2. The lowest BCUT2D eigenvalue weighted by atomic mass is 10.1. The Kier molecular flexibility index (Phi) is 5.79. The van der Waals surface area contributed by atoms with Gasteiger partial charge in [-0.25, -0.2) is 4.79 Å². The van der Waals surface area contributed by atoms with Crippen molar-refractivity contribution >= 4 is 23.5 Å². The van der Waals surface area contributed by atoms with Gasteiger partial charge in [0.2, 0.25) is 0 Å². The van der Waals surface area contributed by atoms with Crippen LogP contribution in [0.25, 0.3) is 0 Å². The summed E-state index contributed by atoms with van der Waals surface area (Å²) >= 11 is 5.96. The van der Waals surface area contributed by atoms with Crippen LogP contribution in [0.4, 0.5) is 4.79 Å². The van der Waals surface area contributed by atoms with Gasteiger partial charge in [0.15, 0.2) is 6.04 Å². The molecule has 0 saturated carbocycles. The number of halogens is 1. The standard InChI is InChI=1S/C13H18ClN3O3/c1-8(12(18)16-13(15)19)17(2)7-9-6-10(14)4-5-11(9)20-3/h4-6,8H,7H2,1-3H3,(H3,15,16,18,19)/p+1/t8-/m0/s1. The minimum atomic E-state index is -0.852. The summed E-state index contributed by atoms with van der Waals surface area (Å²) in [5.74, 6) is 0.284. The van der Waals surface area contributed by atoms with Gasteiger partial charge in [0.25, 0.3) is 5.91 Å². The third-order valence-electron chi connectivity index (χ3n) is 3.09. The molecule has 0 aliphatic rings. The Morgan fingerprint density at radius 2 is 2.15 bits per heavy atom. The molecule has 20 heavy (non-hydrogen) atoms. The normalized spacial score (nSPS) is 13.4. The molecule has 110 valence electrons. The molecule has 0 saturated heterocycles. The third-order valence-corrected chi connectivity index (χ3v) is 3.33. The number of quaternary nitrogens is 1. The second kappa shape index (κ2) is 7.12. The van der Waals surface area contributed by atoms with Crippen LogP contribution in [0.15, 0.2) is 18.2 Å². The second-order valence-corrected chi connectivity index (χ2v) is 4.99. The van der Waals surface area contributed by atoms with Crippen LogP contribution in [-0.2, 0) is 11.3 Å². The summed E-state index contributed by atoms with van der Waals surface area (Å²) in [5, 5.41) is 2.67. The number of amides is 3. The van der Waals surface area contributed by atoms with Crippen molar-refractivity contribution in [2.24, 2.45) is 5.73 Å². The van der Waals surface area contributed by atoms with Crippen LogP contribution in [-0.4, -0.2) is 32.1 Å². The Hall–Kier alpha value is -1.79. The summed E-state index contributed by atoms with van der Waals surface area (Å²) in [6.07, 6.45) is 0. The average molecular weight is 301 g/mol. The minimum absolute atomic E-state index is 0.420. The first kappa shape index (κ1) is 16.3. The Labute approximate surface area is 122 Å². The Balaban J connectivity index is 2.79. The number of carbonyl (C=O) groups is 2. The van der Waals surface area contributed by atoms with Gasteiger partial charge in [-0.15, -0.1) is 0 Å². The van der Waals surface area contributed by atoms with E-state index in [2.05, 4.69) is 5.32 Å².